The van der Waals surface area contributed by atoms with Gasteiger partial charge in [-0.25, -0.2) is 0 Å². The van der Waals surface area contributed by atoms with E-state index >= 15 is 0 Å². The van der Waals surface area contributed by atoms with E-state index in [2.05, 4.69) is 19.1 Å². The number of benzene rings is 2. The van der Waals surface area contributed by atoms with Crippen molar-refractivity contribution >= 4 is 5.69 Å². The number of nitrogens with two attached hydrogens (primary N) is 1. The van der Waals surface area contributed by atoms with Crippen LogP contribution in [0.15, 0.2) is 42.5 Å². The van der Waals surface area contributed by atoms with Gasteiger partial charge in [0.2, 0.25) is 0 Å². The third-order valence-electron chi connectivity index (χ3n) is 3.47. The van der Waals surface area contributed by atoms with Crippen molar-refractivity contribution < 1.29 is 9.84 Å². The second-order valence-electron chi connectivity index (χ2n) is 5.18. The molecular weight excluding hydrogens is 262 g/mol. The van der Waals surface area contributed by atoms with Gasteiger partial charge in [0.25, 0.3) is 0 Å². The molecule has 2 rings (SSSR count). The minimum Gasteiger partial charge on any atom is -0.493 e. The molecule has 0 spiro atoms. The Hall–Kier alpha value is -2.00. The first kappa shape index (κ1) is 15.4. The molecule has 0 heterocycles. The molecule has 3 heteroatoms. The SMILES string of the molecule is CCCCOc1cc(CO)cc(N)c1Cc1ccccc1. The number of anilines is 1. The number of aliphatic hydroxyl groups is 1. The standard InChI is InChI=1S/C18H23NO2/c1-2-3-9-21-18-12-15(13-20)11-17(19)16(18)10-14-7-5-4-6-8-14/h4-8,11-12,20H,2-3,9-10,13,19H2,1H3. The number of hydrogen-bond donors (Lipinski definition) is 2. The normalized spacial score (nSPS) is 10.6. The number of rotatable bonds is 7. The highest BCUT2D eigenvalue weighted by Gasteiger charge is 2.11. The van der Waals surface area contributed by atoms with Gasteiger partial charge >= 0.3 is 0 Å². The van der Waals surface area contributed by atoms with E-state index in [1.165, 1.54) is 5.56 Å². The van der Waals surface area contributed by atoms with Crippen LogP contribution in [0.25, 0.3) is 0 Å². The molecule has 0 bridgehead atoms. The topological polar surface area (TPSA) is 55.5 Å². The summed E-state index contributed by atoms with van der Waals surface area (Å²) in [6, 6.07) is 13.9. The zero-order chi connectivity index (χ0) is 15.1. The van der Waals surface area contributed by atoms with E-state index in [0.717, 1.165) is 36.1 Å². The van der Waals surface area contributed by atoms with Crippen LogP contribution in [0.3, 0.4) is 0 Å². The average Bonchev–Trinajstić information content (AvgIpc) is 2.51. The first-order valence-corrected chi connectivity index (χ1v) is 7.43. The lowest BCUT2D eigenvalue weighted by atomic mass is 10.0. The maximum Gasteiger partial charge on any atom is 0.125 e. The van der Waals surface area contributed by atoms with E-state index in [4.69, 9.17) is 10.5 Å². The van der Waals surface area contributed by atoms with E-state index in [1.807, 2.05) is 30.3 Å². The summed E-state index contributed by atoms with van der Waals surface area (Å²) in [5, 5.41) is 9.33. The molecule has 3 nitrogen and oxygen atoms in total. The maximum atomic E-state index is 9.33. The Morgan fingerprint density at radius 2 is 1.86 bits per heavy atom. The molecule has 0 saturated heterocycles. The molecule has 2 aromatic carbocycles. The lowest BCUT2D eigenvalue weighted by molar-refractivity contribution is 0.278. The molecule has 0 amide bonds. The predicted molar refractivity (Wildman–Crippen MR) is 86.4 cm³/mol. The first-order chi connectivity index (χ1) is 10.2. The Labute approximate surface area is 126 Å². The second kappa shape index (κ2) is 7.70. The van der Waals surface area contributed by atoms with Crippen LogP contribution in [0.2, 0.25) is 0 Å². The number of ether oxygens (including phenoxy) is 1. The summed E-state index contributed by atoms with van der Waals surface area (Å²) >= 11 is 0. The fourth-order valence-corrected chi connectivity index (χ4v) is 2.26. The van der Waals surface area contributed by atoms with Crippen LogP contribution in [-0.4, -0.2) is 11.7 Å². The summed E-state index contributed by atoms with van der Waals surface area (Å²) in [4.78, 5) is 0. The Bertz CT molecular complexity index is 567. The summed E-state index contributed by atoms with van der Waals surface area (Å²) in [5.74, 6) is 0.788. The Morgan fingerprint density at radius 1 is 1.10 bits per heavy atom. The van der Waals surface area contributed by atoms with Crippen LogP contribution in [0.5, 0.6) is 5.75 Å². The highest BCUT2D eigenvalue weighted by molar-refractivity contribution is 5.58. The molecule has 0 aliphatic carbocycles. The highest BCUT2D eigenvalue weighted by Crippen LogP contribution is 2.29. The molecule has 0 atom stereocenters. The summed E-state index contributed by atoms with van der Waals surface area (Å²) < 4.78 is 5.88. The molecular formula is C18H23NO2. The van der Waals surface area contributed by atoms with Gasteiger partial charge < -0.3 is 15.6 Å². The summed E-state index contributed by atoms with van der Waals surface area (Å²) in [6.45, 7) is 2.78. The summed E-state index contributed by atoms with van der Waals surface area (Å²) in [6.07, 6.45) is 2.83. The molecule has 0 unspecified atom stereocenters. The molecule has 0 saturated carbocycles. The molecule has 2 aromatic rings. The lowest BCUT2D eigenvalue weighted by Crippen LogP contribution is -2.05. The first-order valence-electron chi connectivity index (χ1n) is 7.43. The van der Waals surface area contributed by atoms with Crippen LogP contribution in [0.4, 0.5) is 5.69 Å². The fraction of sp³-hybridized carbons (Fsp3) is 0.333. The smallest absolute Gasteiger partial charge is 0.125 e. The molecule has 112 valence electrons. The largest absolute Gasteiger partial charge is 0.493 e. The van der Waals surface area contributed by atoms with Gasteiger partial charge in [0, 0.05) is 17.7 Å². The van der Waals surface area contributed by atoms with Gasteiger partial charge in [0.05, 0.1) is 13.2 Å². The maximum absolute atomic E-state index is 9.33. The molecule has 0 aromatic heterocycles. The Kier molecular flexibility index (Phi) is 5.64. The van der Waals surface area contributed by atoms with Gasteiger partial charge in [-0.1, -0.05) is 43.7 Å². The number of unbranched alkanes of at least 4 members (excludes halogenated alkanes) is 1. The molecule has 3 N–H and O–H groups in total. The van der Waals surface area contributed by atoms with Gasteiger partial charge in [-0.05, 0) is 29.7 Å². The summed E-state index contributed by atoms with van der Waals surface area (Å²) in [5.41, 5.74) is 9.81. The molecule has 0 aliphatic heterocycles. The molecule has 21 heavy (non-hydrogen) atoms. The van der Waals surface area contributed by atoms with E-state index in [0.29, 0.717) is 12.3 Å². The second-order valence-corrected chi connectivity index (χ2v) is 5.18. The van der Waals surface area contributed by atoms with Crippen LogP contribution in [0.1, 0.15) is 36.5 Å². The predicted octanol–water partition coefficient (Wildman–Crippen LogP) is 3.53. The fourth-order valence-electron chi connectivity index (χ4n) is 2.26. The number of aliphatic hydroxyl groups excluding tert-OH is 1. The average molecular weight is 285 g/mol. The minimum absolute atomic E-state index is 0.0278. The van der Waals surface area contributed by atoms with E-state index in [1.54, 1.807) is 0 Å². The monoisotopic (exact) mass is 285 g/mol. The van der Waals surface area contributed by atoms with Crippen molar-refractivity contribution in [1.82, 2.24) is 0 Å². The zero-order valence-electron chi connectivity index (χ0n) is 12.5. The van der Waals surface area contributed by atoms with Crippen molar-refractivity contribution in [1.29, 1.82) is 0 Å². The number of hydrogen-bond acceptors (Lipinski definition) is 3. The molecule has 0 fully saturated rings. The quantitative estimate of drug-likeness (QED) is 0.604. The molecule has 0 radical (unpaired) electrons. The van der Waals surface area contributed by atoms with E-state index < -0.39 is 0 Å². The van der Waals surface area contributed by atoms with Crippen LogP contribution in [0, 0.1) is 0 Å². The van der Waals surface area contributed by atoms with Crippen molar-refractivity contribution in [2.24, 2.45) is 0 Å². The zero-order valence-corrected chi connectivity index (χ0v) is 12.5. The van der Waals surface area contributed by atoms with Crippen molar-refractivity contribution in [3.8, 4) is 5.75 Å². The van der Waals surface area contributed by atoms with Gasteiger partial charge in [0.15, 0.2) is 0 Å². The van der Waals surface area contributed by atoms with E-state index in [-0.39, 0.29) is 6.61 Å². The van der Waals surface area contributed by atoms with Gasteiger partial charge in [-0.3, -0.25) is 0 Å². The van der Waals surface area contributed by atoms with Gasteiger partial charge in [0.1, 0.15) is 5.75 Å². The highest BCUT2D eigenvalue weighted by atomic mass is 16.5. The molecule has 0 aliphatic rings. The van der Waals surface area contributed by atoms with Crippen LogP contribution < -0.4 is 10.5 Å². The van der Waals surface area contributed by atoms with Crippen molar-refractivity contribution in [2.45, 2.75) is 32.8 Å². The van der Waals surface area contributed by atoms with E-state index in [9.17, 15) is 5.11 Å². The van der Waals surface area contributed by atoms with Crippen LogP contribution >= 0.6 is 0 Å². The van der Waals surface area contributed by atoms with Gasteiger partial charge in [-0.15, -0.1) is 0 Å². The summed E-state index contributed by atoms with van der Waals surface area (Å²) in [7, 11) is 0. The number of nitrogen functional groups attached to an aromatic ring is 1. The van der Waals surface area contributed by atoms with Crippen molar-refractivity contribution in [3.63, 3.8) is 0 Å². The van der Waals surface area contributed by atoms with Crippen molar-refractivity contribution in [2.75, 3.05) is 12.3 Å². The Balaban J connectivity index is 2.28. The van der Waals surface area contributed by atoms with Gasteiger partial charge in [-0.2, -0.15) is 0 Å². The third kappa shape index (κ3) is 4.23. The Morgan fingerprint density at radius 3 is 2.52 bits per heavy atom. The van der Waals surface area contributed by atoms with Crippen molar-refractivity contribution in [3.05, 3.63) is 59.2 Å². The lowest BCUT2D eigenvalue weighted by Gasteiger charge is -2.15. The third-order valence-corrected chi connectivity index (χ3v) is 3.47. The minimum atomic E-state index is -0.0278. The van der Waals surface area contributed by atoms with Crippen LogP contribution in [-0.2, 0) is 13.0 Å².